The van der Waals surface area contributed by atoms with E-state index in [4.69, 9.17) is 0 Å². The molecule has 0 spiro atoms. The Hall–Kier alpha value is -1.06. The van der Waals surface area contributed by atoms with E-state index in [2.05, 4.69) is 0 Å². The average Bonchev–Trinajstić information content (AvgIpc) is 2.94. The number of carbonyl (C=O) groups excluding carboxylic acids is 1. The third kappa shape index (κ3) is 3.03. The van der Waals surface area contributed by atoms with E-state index in [0.29, 0.717) is 25.4 Å². The van der Waals surface area contributed by atoms with Crippen LogP contribution in [0.5, 0.6) is 0 Å². The van der Waals surface area contributed by atoms with Crippen LogP contribution >= 0.6 is 0 Å². The minimum absolute atomic E-state index is 0.0343. The first-order chi connectivity index (χ1) is 8.28. The van der Waals surface area contributed by atoms with Crippen molar-refractivity contribution >= 4 is 11.9 Å². The summed E-state index contributed by atoms with van der Waals surface area (Å²) in [5.41, 5.74) is -0.0343. The minimum atomic E-state index is -0.738. The van der Waals surface area contributed by atoms with Crippen molar-refractivity contribution in [2.45, 2.75) is 40.0 Å². The summed E-state index contributed by atoms with van der Waals surface area (Å²) < 4.78 is 0. The van der Waals surface area contributed by atoms with Crippen LogP contribution in [0.25, 0.3) is 0 Å². The van der Waals surface area contributed by atoms with Gasteiger partial charge in [-0.3, -0.25) is 9.59 Å². The van der Waals surface area contributed by atoms with E-state index in [-0.39, 0.29) is 23.2 Å². The van der Waals surface area contributed by atoms with Gasteiger partial charge in [0.05, 0.1) is 5.92 Å². The van der Waals surface area contributed by atoms with Crippen LogP contribution < -0.4 is 0 Å². The number of hydrogen-bond acceptors (Lipinski definition) is 2. The smallest absolute Gasteiger partial charge is 0.308 e. The van der Waals surface area contributed by atoms with Crippen molar-refractivity contribution in [2.75, 3.05) is 13.1 Å². The van der Waals surface area contributed by atoms with Crippen LogP contribution in [0.2, 0.25) is 0 Å². The zero-order valence-electron chi connectivity index (χ0n) is 11.5. The van der Waals surface area contributed by atoms with Crippen molar-refractivity contribution in [2.24, 2.45) is 23.2 Å². The van der Waals surface area contributed by atoms with Crippen molar-refractivity contribution < 1.29 is 14.7 Å². The second-order valence-corrected chi connectivity index (χ2v) is 6.98. The van der Waals surface area contributed by atoms with Gasteiger partial charge in [0, 0.05) is 19.5 Å². The molecule has 18 heavy (non-hydrogen) atoms. The molecule has 1 N–H and O–H groups in total. The Bertz CT molecular complexity index is 355. The van der Waals surface area contributed by atoms with Gasteiger partial charge < -0.3 is 10.0 Å². The average molecular weight is 253 g/mol. The Kier molecular flexibility index (Phi) is 3.39. The lowest BCUT2D eigenvalue weighted by Crippen LogP contribution is -2.32. The molecule has 102 valence electrons. The Morgan fingerprint density at radius 1 is 1.22 bits per heavy atom. The molecule has 1 amide bonds. The molecule has 0 unspecified atom stereocenters. The molecule has 1 saturated heterocycles. The van der Waals surface area contributed by atoms with E-state index in [1.54, 1.807) is 4.90 Å². The summed E-state index contributed by atoms with van der Waals surface area (Å²) in [6.45, 7) is 7.16. The number of carboxylic acids is 1. The third-order valence-corrected chi connectivity index (χ3v) is 3.94. The highest BCUT2D eigenvalue weighted by Crippen LogP contribution is 2.44. The summed E-state index contributed by atoms with van der Waals surface area (Å²) in [6.07, 6.45) is 2.77. The van der Waals surface area contributed by atoms with Crippen molar-refractivity contribution in [3.63, 3.8) is 0 Å². The van der Waals surface area contributed by atoms with E-state index >= 15 is 0 Å². The van der Waals surface area contributed by atoms with E-state index in [1.807, 2.05) is 20.8 Å². The highest BCUT2D eigenvalue weighted by Gasteiger charge is 2.46. The molecule has 2 fully saturated rings. The van der Waals surface area contributed by atoms with Gasteiger partial charge in [0.15, 0.2) is 0 Å². The summed E-state index contributed by atoms with van der Waals surface area (Å²) >= 11 is 0. The van der Waals surface area contributed by atoms with Crippen molar-refractivity contribution in [3.8, 4) is 0 Å². The lowest BCUT2D eigenvalue weighted by molar-refractivity contribution is -0.142. The predicted molar refractivity (Wildman–Crippen MR) is 68.0 cm³/mol. The van der Waals surface area contributed by atoms with Crippen LogP contribution in [-0.4, -0.2) is 35.0 Å². The molecule has 1 saturated carbocycles. The fraction of sp³-hybridized carbons (Fsp3) is 0.857. The Morgan fingerprint density at radius 3 is 2.28 bits per heavy atom. The number of carbonyl (C=O) groups is 2. The number of likely N-dealkylation sites (tertiary alicyclic amines) is 1. The molecular formula is C14H23NO3. The molecule has 2 atom stereocenters. The van der Waals surface area contributed by atoms with E-state index in [9.17, 15) is 14.7 Å². The summed E-state index contributed by atoms with van der Waals surface area (Å²) in [6, 6.07) is 0. The van der Waals surface area contributed by atoms with Crippen LogP contribution in [0.3, 0.4) is 0 Å². The summed E-state index contributed by atoms with van der Waals surface area (Å²) in [5.74, 6) is -0.249. The van der Waals surface area contributed by atoms with Crippen LogP contribution in [0.4, 0.5) is 0 Å². The summed E-state index contributed by atoms with van der Waals surface area (Å²) in [7, 11) is 0. The van der Waals surface area contributed by atoms with Gasteiger partial charge in [-0.15, -0.1) is 0 Å². The number of hydrogen-bond donors (Lipinski definition) is 1. The number of rotatable bonds is 3. The molecule has 0 bridgehead atoms. The van der Waals surface area contributed by atoms with Crippen molar-refractivity contribution in [3.05, 3.63) is 0 Å². The van der Waals surface area contributed by atoms with Crippen LogP contribution in [0.15, 0.2) is 0 Å². The number of aliphatic carboxylic acids is 1. The summed E-state index contributed by atoms with van der Waals surface area (Å²) in [4.78, 5) is 25.2. The van der Waals surface area contributed by atoms with E-state index in [0.717, 1.165) is 12.8 Å². The topological polar surface area (TPSA) is 57.6 Å². The molecule has 1 aliphatic carbocycles. The molecule has 0 aromatic heterocycles. The zero-order valence-corrected chi connectivity index (χ0v) is 11.5. The van der Waals surface area contributed by atoms with Gasteiger partial charge in [-0.2, -0.15) is 0 Å². The van der Waals surface area contributed by atoms with Crippen LogP contribution in [0, 0.1) is 23.2 Å². The predicted octanol–water partition coefficient (Wildman–Crippen LogP) is 1.99. The Labute approximate surface area is 108 Å². The van der Waals surface area contributed by atoms with Gasteiger partial charge in [0.1, 0.15) is 0 Å². The SMILES string of the molecule is CC(C)(C)CC(=O)N1C[C@H](C(=O)O)[C@@H](C2CC2)C1. The molecule has 4 heteroatoms. The van der Waals surface area contributed by atoms with Gasteiger partial charge in [-0.05, 0) is 30.1 Å². The normalized spacial score (nSPS) is 28.5. The molecular weight excluding hydrogens is 230 g/mol. The first kappa shape index (κ1) is 13.4. The number of carboxylic acid groups (broad SMARTS) is 1. The van der Waals surface area contributed by atoms with Gasteiger partial charge in [-0.25, -0.2) is 0 Å². The number of nitrogens with zero attached hydrogens (tertiary/aromatic N) is 1. The summed E-state index contributed by atoms with van der Waals surface area (Å²) in [5, 5.41) is 9.25. The molecule has 1 aliphatic heterocycles. The van der Waals surface area contributed by atoms with Gasteiger partial charge >= 0.3 is 5.97 Å². The molecule has 4 nitrogen and oxygen atoms in total. The maximum atomic E-state index is 12.2. The molecule has 0 aromatic carbocycles. The Balaban J connectivity index is 1.99. The molecule has 1 heterocycles. The molecule has 2 rings (SSSR count). The van der Waals surface area contributed by atoms with Gasteiger partial charge in [-0.1, -0.05) is 20.8 Å². The first-order valence-corrected chi connectivity index (χ1v) is 6.78. The molecule has 2 aliphatic rings. The molecule has 0 aromatic rings. The van der Waals surface area contributed by atoms with Gasteiger partial charge in [0.25, 0.3) is 0 Å². The van der Waals surface area contributed by atoms with Crippen LogP contribution in [-0.2, 0) is 9.59 Å². The highest BCUT2D eigenvalue weighted by atomic mass is 16.4. The van der Waals surface area contributed by atoms with E-state index in [1.165, 1.54) is 0 Å². The largest absolute Gasteiger partial charge is 0.481 e. The Morgan fingerprint density at radius 2 is 1.83 bits per heavy atom. The standard InChI is InChI=1S/C14H23NO3/c1-14(2,3)6-12(16)15-7-10(9-4-5-9)11(8-15)13(17)18/h9-11H,4-8H2,1-3H3,(H,17,18)/t10-,11+/m1/s1. The second kappa shape index (κ2) is 4.56. The molecule has 0 radical (unpaired) electrons. The first-order valence-electron chi connectivity index (χ1n) is 6.78. The second-order valence-electron chi connectivity index (χ2n) is 6.98. The van der Waals surface area contributed by atoms with Crippen molar-refractivity contribution in [1.29, 1.82) is 0 Å². The third-order valence-electron chi connectivity index (χ3n) is 3.94. The minimum Gasteiger partial charge on any atom is -0.481 e. The maximum absolute atomic E-state index is 12.2. The number of amides is 1. The fourth-order valence-electron chi connectivity index (χ4n) is 2.86. The highest BCUT2D eigenvalue weighted by molar-refractivity contribution is 5.79. The quantitative estimate of drug-likeness (QED) is 0.837. The zero-order chi connectivity index (χ0) is 13.5. The lowest BCUT2D eigenvalue weighted by Gasteiger charge is -2.23. The maximum Gasteiger partial charge on any atom is 0.308 e. The van der Waals surface area contributed by atoms with Crippen LogP contribution in [0.1, 0.15) is 40.0 Å². The lowest BCUT2D eigenvalue weighted by atomic mass is 9.91. The fourth-order valence-corrected chi connectivity index (χ4v) is 2.86. The van der Waals surface area contributed by atoms with Crippen molar-refractivity contribution in [1.82, 2.24) is 4.90 Å². The van der Waals surface area contributed by atoms with E-state index < -0.39 is 5.97 Å². The monoisotopic (exact) mass is 253 g/mol. The van der Waals surface area contributed by atoms with Gasteiger partial charge in [0.2, 0.25) is 5.91 Å².